The van der Waals surface area contributed by atoms with Crippen LogP contribution in [0.5, 0.6) is 11.5 Å². The zero-order valence-corrected chi connectivity index (χ0v) is 12.5. The summed E-state index contributed by atoms with van der Waals surface area (Å²) in [6.45, 7) is 7.34. The highest BCUT2D eigenvalue weighted by atomic mass is 16.5. The molecule has 2 aromatic rings. The van der Waals surface area contributed by atoms with E-state index in [-0.39, 0.29) is 0 Å². The Morgan fingerprint density at radius 3 is 2.35 bits per heavy atom. The highest BCUT2D eigenvalue weighted by Crippen LogP contribution is 2.25. The normalized spacial score (nSPS) is 10.8. The van der Waals surface area contributed by atoms with Crippen molar-refractivity contribution in [3.05, 3.63) is 59.7 Å². The molecule has 0 aliphatic carbocycles. The summed E-state index contributed by atoms with van der Waals surface area (Å²) in [5.74, 6) is 1.84. The van der Waals surface area contributed by atoms with Gasteiger partial charge in [0.1, 0.15) is 11.5 Å². The van der Waals surface area contributed by atoms with E-state index in [1.807, 2.05) is 30.3 Å². The topological polar surface area (TPSA) is 21.3 Å². The summed E-state index contributed by atoms with van der Waals surface area (Å²) in [6.07, 6.45) is 0.979. The Morgan fingerprint density at radius 1 is 1.00 bits per heavy atom. The summed E-state index contributed by atoms with van der Waals surface area (Å²) in [4.78, 5) is 0. The van der Waals surface area contributed by atoms with E-state index in [1.54, 1.807) is 0 Å². The number of hydrogen-bond donors (Lipinski definition) is 1. The van der Waals surface area contributed by atoms with Gasteiger partial charge in [0, 0.05) is 12.6 Å². The first-order chi connectivity index (χ1) is 9.69. The number of hydrogen-bond acceptors (Lipinski definition) is 2. The van der Waals surface area contributed by atoms with E-state index < -0.39 is 0 Å². The molecule has 0 saturated carbocycles. The van der Waals surface area contributed by atoms with Crippen LogP contribution >= 0.6 is 0 Å². The molecular weight excluding hydrogens is 246 g/mol. The molecule has 20 heavy (non-hydrogen) atoms. The molecular formula is C18H23NO. The molecule has 0 atom stereocenters. The molecule has 0 heterocycles. The van der Waals surface area contributed by atoms with Crippen molar-refractivity contribution in [2.24, 2.45) is 0 Å². The summed E-state index contributed by atoms with van der Waals surface area (Å²) in [5, 5.41) is 3.41. The summed E-state index contributed by atoms with van der Waals surface area (Å²) in [5.41, 5.74) is 2.51. The fraction of sp³-hybridized carbons (Fsp3) is 0.333. The second-order valence-electron chi connectivity index (χ2n) is 5.24. The van der Waals surface area contributed by atoms with E-state index in [0.717, 1.165) is 24.5 Å². The number of para-hydroxylation sites is 1. The van der Waals surface area contributed by atoms with Crippen molar-refractivity contribution in [3.63, 3.8) is 0 Å². The molecule has 0 aromatic heterocycles. The van der Waals surface area contributed by atoms with E-state index >= 15 is 0 Å². The number of nitrogens with one attached hydrogen (secondary N) is 1. The first-order valence-corrected chi connectivity index (χ1v) is 7.27. The van der Waals surface area contributed by atoms with Crippen molar-refractivity contribution in [3.8, 4) is 11.5 Å². The van der Waals surface area contributed by atoms with Crippen LogP contribution in [0.3, 0.4) is 0 Å². The summed E-state index contributed by atoms with van der Waals surface area (Å²) >= 11 is 0. The molecule has 0 radical (unpaired) electrons. The average molecular weight is 269 g/mol. The van der Waals surface area contributed by atoms with Crippen LogP contribution in [0, 0.1) is 0 Å². The lowest BCUT2D eigenvalue weighted by molar-refractivity contribution is 0.476. The maximum Gasteiger partial charge on any atom is 0.130 e. The van der Waals surface area contributed by atoms with Gasteiger partial charge in [-0.1, -0.05) is 51.1 Å². The van der Waals surface area contributed by atoms with E-state index in [2.05, 4.69) is 44.3 Å². The van der Waals surface area contributed by atoms with E-state index in [0.29, 0.717) is 6.04 Å². The standard InChI is InChI=1S/C18H23NO/c1-4-16-7-5-6-8-18(16)20-17-11-9-15(10-12-17)13-19-14(2)3/h5-12,14,19H,4,13H2,1-3H3. The Labute approximate surface area is 121 Å². The lowest BCUT2D eigenvalue weighted by Gasteiger charge is -2.11. The number of ether oxygens (including phenoxy) is 1. The van der Waals surface area contributed by atoms with Gasteiger partial charge in [0.2, 0.25) is 0 Å². The van der Waals surface area contributed by atoms with Crippen molar-refractivity contribution in [1.82, 2.24) is 5.32 Å². The van der Waals surface area contributed by atoms with Crippen molar-refractivity contribution >= 4 is 0 Å². The van der Waals surface area contributed by atoms with Gasteiger partial charge in [-0.3, -0.25) is 0 Å². The van der Waals surface area contributed by atoms with E-state index in [9.17, 15) is 0 Å². The molecule has 0 aliphatic rings. The Hall–Kier alpha value is -1.80. The van der Waals surface area contributed by atoms with Gasteiger partial charge >= 0.3 is 0 Å². The molecule has 0 spiro atoms. The van der Waals surface area contributed by atoms with Crippen molar-refractivity contribution in [2.45, 2.75) is 39.8 Å². The van der Waals surface area contributed by atoms with Crippen LogP contribution in [-0.4, -0.2) is 6.04 Å². The third-order valence-corrected chi connectivity index (χ3v) is 3.22. The zero-order valence-electron chi connectivity index (χ0n) is 12.5. The fourth-order valence-corrected chi connectivity index (χ4v) is 2.02. The van der Waals surface area contributed by atoms with Gasteiger partial charge in [-0.25, -0.2) is 0 Å². The minimum atomic E-state index is 0.502. The molecule has 2 nitrogen and oxygen atoms in total. The first-order valence-electron chi connectivity index (χ1n) is 7.27. The van der Waals surface area contributed by atoms with Crippen LogP contribution < -0.4 is 10.1 Å². The molecule has 0 unspecified atom stereocenters. The largest absolute Gasteiger partial charge is 0.457 e. The number of rotatable bonds is 6. The molecule has 106 valence electrons. The summed E-state index contributed by atoms with van der Waals surface area (Å²) in [7, 11) is 0. The minimum absolute atomic E-state index is 0.502. The van der Waals surface area contributed by atoms with E-state index in [1.165, 1.54) is 11.1 Å². The van der Waals surface area contributed by atoms with Gasteiger partial charge in [0.25, 0.3) is 0 Å². The summed E-state index contributed by atoms with van der Waals surface area (Å²) in [6, 6.07) is 17.0. The minimum Gasteiger partial charge on any atom is -0.457 e. The van der Waals surface area contributed by atoms with Gasteiger partial charge < -0.3 is 10.1 Å². The first kappa shape index (κ1) is 14.6. The van der Waals surface area contributed by atoms with Crippen LogP contribution in [0.1, 0.15) is 31.9 Å². The number of benzene rings is 2. The second kappa shape index (κ2) is 7.11. The molecule has 1 N–H and O–H groups in total. The van der Waals surface area contributed by atoms with Crippen LogP contribution in [0.4, 0.5) is 0 Å². The second-order valence-corrected chi connectivity index (χ2v) is 5.24. The summed E-state index contributed by atoms with van der Waals surface area (Å²) < 4.78 is 5.96. The predicted octanol–water partition coefficient (Wildman–Crippen LogP) is 4.54. The third kappa shape index (κ3) is 4.10. The van der Waals surface area contributed by atoms with Gasteiger partial charge in [-0.05, 0) is 35.7 Å². The molecule has 2 aromatic carbocycles. The Balaban J connectivity index is 2.03. The Bertz CT molecular complexity index is 531. The van der Waals surface area contributed by atoms with E-state index in [4.69, 9.17) is 4.74 Å². The monoisotopic (exact) mass is 269 g/mol. The molecule has 0 saturated heterocycles. The Morgan fingerprint density at radius 2 is 1.70 bits per heavy atom. The van der Waals surface area contributed by atoms with Crippen molar-refractivity contribution < 1.29 is 4.74 Å². The lowest BCUT2D eigenvalue weighted by Crippen LogP contribution is -2.21. The average Bonchev–Trinajstić information content (AvgIpc) is 2.47. The molecule has 2 rings (SSSR count). The van der Waals surface area contributed by atoms with Crippen LogP contribution in [0.15, 0.2) is 48.5 Å². The third-order valence-electron chi connectivity index (χ3n) is 3.22. The zero-order chi connectivity index (χ0) is 14.4. The molecule has 2 heteroatoms. The molecule has 0 bridgehead atoms. The SMILES string of the molecule is CCc1ccccc1Oc1ccc(CNC(C)C)cc1. The fourth-order valence-electron chi connectivity index (χ4n) is 2.02. The predicted molar refractivity (Wildman–Crippen MR) is 84.3 cm³/mol. The highest BCUT2D eigenvalue weighted by molar-refractivity contribution is 5.38. The maximum absolute atomic E-state index is 5.96. The van der Waals surface area contributed by atoms with Crippen LogP contribution in [0.25, 0.3) is 0 Å². The molecule has 0 fully saturated rings. The van der Waals surface area contributed by atoms with Gasteiger partial charge in [-0.2, -0.15) is 0 Å². The number of aryl methyl sites for hydroxylation is 1. The van der Waals surface area contributed by atoms with Gasteiger partial charge in [0.05, 0.1) is 0 Å². The van der Waals surface area contributed by atoms with Gasteiger partial charge in [-0.15, -0.1) is 0 Å². The van der Waals surface area contributed by atoms with Crippen molar-refractivity contribution in [1.29, 1.82) is 0 Å². The van der Waals surface area contributed by atoms with Crippen molar-refractivity contribution in [2.75, 3.05) is 0 Å². The smallest absolute Gasteiger partial charge is 0.130 e. The van der Waals surface area contributed by atoms with Gasteiger partial charge in [0.15, 0.2) is 0 Å². The quantitative estimate of drug-likeness (QED) is 0.831. The Kier molecular flexibility index (Phi) is 5.19. The highest BCUT2D eigenvalue weighted by Gasteiger charge is 2.03. The van der Waals surface area contributed by atoms with Crippen LogP contribution in [-0.2, 0) is 13.0 Å². The maximum atomic E-state index is 5.96. The van der Waals surface area contributed by atoms with Crippen LogP contribution in [0.2, 0.25) is 0 Å². The molecule has 0 amide bonds. The molecule has 0 aliphatic heterocycles. The lowest BCUT2D eigenvalue weighted by atomic mass is 10.1.